The lowest BCUT2D eigenvalue weighted by Gasteiger charge is -2.40. The Morgan fingerprint density at radius 1 is 0.826 bits per heavy atom. The topological polar surface area (TPSA) is 134 Å². The summed E-state index contributed by atoms with van der Waals surface area (Å²) in [6.07, 6.45) is 6.48. The predicted molar refractivity (Wildman–Crippen MR) is 160 cm³/mol. The number of amides is 1. The van der Waals surface area contributed by atoms with Gasteiger partial charge in [-0.25, -0.2) is 22.4 Å². The summed E-state index contributed by atoms with van der Waals surface area (Å²) in [6, 6.07) is 3.20. The maximum Gasteiger partial charge on any atom is 0.409 e. The number of H-pyrrole nitrogens is 2. The van der Waals surface area contributed by atoms with Gasteiger partial charge < -0.3 is 24.0 Å². The first-order valence-electron chi connectivity index (χ1n) is 16.6. The molecular weight excluding hydrogens is 612 g/mol. The van der Waals surface area contributed by atoms with E-state index in [0.29, 0.717) is 69.2 Å². The molecule has 6 rings (SSSR count). The molecule has 2 saturated carbocycles. The molecule has 2 aromatic rings. The van der Waals surface area contributed by atoms with E-state index in [1.54, 1.807) is 4.90 Å². The van der Waals surface area contributed by atoms with Crippen molar-refractivity contribution in [3.05, 3.63) is 44.4 Å². The van der Waals surface area contributed by atoms with E-state index in [1.807, 2.05) is 0 Å². The molecule has 4 heterocycles. The highest BCUT2D eigenvalue weighted by molar-refractivity contribution is 5.68. The molecule has 4 atom stereocenters. The maximum atomic E-state index is 13.4. The Balaban J connectivity index is 0.000000184. The van der Waals surface area contributed by atoms with Crippen LogP contribution in [0.25, 0.3) is 0 Å². The lowest BCUT2D eigenvalue weighted by Crippen LogP contribution is -2.46. The van der Waals surface area contributed by atoms with Gasteiger partial charge in [0.15, 0.2) is 0 Å². The molecular formula is C32H46F4N4O6. The number of nitrogens with one attached hydrogen (secondary N) is 3. The van der Waals surface area contributed by atoms with Crippen LogP contribution in [0.5, 0.6) is 0 Å². The van der Waals surface area contributed by atoms with Crippen molar-refractivity contribution in [1.82, 2.24) is 20.5 Å². The molecule has 2 aliphatic carbocycles. The minimum atomic E-state index is -2.55. The minimum absolute atomic E-state index is 0.0283. The number of rotatable bonds is 6. The van der Waals surface area contributed by atoms with E-state index in [1.165, 1.54) is 19.2 Å². The predicted octanol–water partition coefficient (Wildman–Crippen LogP) is 6.52. The van der Waals surface area contributed by atoms with E-state index < -0.39 is 11.8 Å². The van der Waals surface area contributed by atoms with E-state index >= 15 is 0 Å². The van der Waals surface area contributed by atoms with Crippen molar-refractivity contribution in [2.45, 2.75) is 126 Å². The monoisotopic (exact) mass is 658 g/mol. The van der Waals surface area contributed by atoms with Crippen LogP contribution < -0.4 is 16.4 Å². The summed E-state index contributed by atoms with van der Waals surface area (Å²) in [6.45, 7) is 1.38. The largest absolute Gasteiger partial charge is 0.453 e. The number of aromatic nitrogens is 2. The third-order valence-electron chi connectivity index (χ3n) is 10.4. The fraction of sp³-hybridized carbons (Fsp3) is 0.781. The first-order valence-corrected chi connectivity index (χ1v) is 16.6. The average molecular weight is 659 g/mol. The quantitative estimate of drug-likeness (QED) is 0.301. The van der Waals surface area contributed by atoms with Crippen molar-refractivity contribution in [3.63, 3.8) is 0 Å². The molecule has 258 valence electrons. The summed E-state index contributed by atoms with van der Waals surface area (Å²) in [5.74, 6) is -2.84. The van der Waals surface area contributed by atoms with Gasteiger partial charge in [0.05, 0.1) is 7.11 Å². The number of ether oxygens (including phenoxy) is 1. The highest BCUT2D eigenvalue weighted by Crippen LogP contribution is 2.42. The zero-order valence-corrected chi connectivity index (χ0v) is 26.3. The van der Waals surface area contributed by atoms with Crippen LogP contribution in [0, 0.1) is 11.8 Å². The number of nitrogens with zero attached hydrogens (tertiary/aromatic N) is 1. The Morgan fingerprint density at radius 2 is 1.35 bits per heavy atom. The fourth-order valence-electron chi connectivity index (χ4n) is 7.79. The van der Waals surface area contributed by atoms with Crippen LogP contribution >= 0.6 is 0 Å². The van der Waals surface area contributed by atoms with Crippen molar-refractivity contribution >= 4 is 6.09 Å². The molecule has 1 amide bonds. The van der Waals surface area contributed by atoms with E-state index in [4.69, 9.17) is 13.8 Å². The summed E-state index contributed by atoms with van der Waals surface area (Å²) in [5, 5.41) is 8.11. The van der Waals surface area contributed by atoms with Crippen LogP contribution in [0.15, 0.2) is 30.8 Å². The van der Waals surface area contributed by atoms with Crippen LogP contribution in [0.1, 0.15) is 113 Å². The van der Waals surface area contributed by atoms with Crippen molar-refractivity contribution in [2.24, 2.45) is 11.8 Å². The van der Waals surface area contributed by atoms with Gasteiger partial charge in [0.25, 0.3) is 11.1 Å². The van der Waals surface area contributed by atoms with E-state index in [0.717, 1.165) is 31.6 Å². The summed E-state index contributed by atoms with van der Waals surface area (Å²) in [5.41, 5.74) is -0.481. The number of methoxy groups -OCH3 is 1. The minimum Gasteiger partial charge on any atom is -0.453 e. The Hall–Kier alpha value is -3.03. The standard InChI is InChI=1S/C17H24F2N2O4.C15H22F2N2O2/c1-24-16(23)21-7-4-12(14-10-15(22)20-25-14)9-13(21)8-11-2-5-17(18,19)6-3-11;16-15(17)4-1-10(2-5-15)7-12-8-11(3-6-18-12)13-9-14(20)19-21-13/h10-13H,2-9H2,1H3,(H,20,22);9-12,18H,1-8H2,(H,19,20)/t;11-,12+/m.0/s1. The van der Waals surface area contributed by atoms with Crippen molar-refractivity contribution in [3.8, 4) is 0 Å². The molecule has 4 aliphatic rings. The highest BCUT2D eigenvalue weighted by Gasteiger charge is 2.40. The van der Waals surface area contributed by atoms with Crippen molar-refractivity contribution in [2.75, 3.05) is 20.2 Å². The van der Waals surface area contributed by atoms with Gasteiger partial charge in [0.2, 0.25) is 11.8 Å². The number of carbonyl (C=O) groups is 1. The van der Waals surface area contributed by atoms with Gasteiger partial charge in [0.1, 0.15) is 11.5 Å². The first-order chi connectivity index (χ1) is 21.9. The molecule has 4 fully saturated rings. The van der Waals surface area contributed by atoms with E-state index in [9.17, 15) is 31.9 Å². The number of halogens is 4. The van der Waals surface area contributed by atoms with Gasteiger partial charge in [-0.3, -0.25) is 9.59 Å². The molecule has 0 spiro atoms. The third-order valence-corrected chi connectivity index (χ3v) is 10.4. The number of aromatic amines is 2. The van der Waals surface area contributed by atoms with Crippen LogP contribution in [0.2, 0.25) is 0 Å². The third kappa shape index (κ3) is 9.28. The second-order valence-electron chi connectivity index (χ2n) is 13.7. The summed E-state index contributed by atoms with van der Waals surface area (Å²) in [7, 11) is 1.35. The van der Waals surface area contributed by atoms with Gasteiger partial charge in [0, 0.05) is 68.3 Å². The Morgan fingerprint density at radius 3 is 1.85 bits per heavy atom. The van der Waals surface area contributed by atoms with E-state index in [2.05, 4.69) is 15.6 Å². The van der Waals surface area contributed by atoms with Gasteiger partial charge in [-0.2, -0.15) is 10.3 Å². The fourth-order valence-corrected chi connectivity index (χ4v) is 7.79. The number of carbonyl (C=O) groups excluding carboxylic acids is 1. The lowest BCUT2D eigenvalue weighted by atomic mass is 9.79. The van der Waals surface area contributed by atoms with Gasteiger partial charge in [-0.15, -0.1) is 0 Å². The average Bonchev–Trinajstić information content (AvgIpc) is 3.67. The Labute approximate surface area is 264 Å². The molecule has 2 aliphatic heterocycles. The SMILES string of the molecule is COC(=O)N1CCC(c2cc(=O)[nH]o2)CC1CC1CCC(F)(F)CC1.O=c1cc([C@H]2CCN[C@H](CC3CCC(F)(F)CC3)C2)o[nH]1. The number of likely N-dealkylation sites (tertiary alicyclic amines) is 1. The second kappa shape index (κ2) is 14.8. The molecule has 2 saturated heterocycles. The van der Waals surface area contributed by atoms with Gasteiger partial charge >= 0.3 is 6.09 Å². The summed E-state index contributed by atoms with van der Waals surface area (Å²) < 4.78 is 68.4. The zero-order chi connectivity index (χ0) is 32.9. The molecule has 0 aromatic carbocycles. The maximum absolute atomic E-state index is 13.4. The van der Waals surface area contributed by atoms with Crippen LogP contribution in [0.4, 0.5) is 22.4 Å². The summed E-state index contributed by atoms with van der Waals surface area (Å²) in [4.78, 5) is 36.2. The first kappa shape index (κ1) is 34.3. The Kier molecular flexibility index (Phi) is 11.0. The van der Waals surface area contributed by atoms with E-state index in [-0.39, 0.29) is 66.7 Å². The van der Waals surface area contributed by atoms with Crippen LogP contribution in [-0.2, 0) is 4.74 Å². The highest BCUT2D eigenvalue weighted by atomic mass is 19.3. The van der Waals surface area contributed by atoms with Crippen molar-refractivity contribution < 1.29 is 36.1 Å². The smallest absolute Gasteiger partial charge is 0.409 e. The number of hydrogen-bond acceptors (Lipinski definition) is 7. The molecule has 14 heteroatoms. The Bertz CT molecular complexity index is 1370. The molecule has 3 N–H and O–H groups in total. The number of piperidine rings is 2. The number of alkyl halides is 4. The molecule has 0 radical (unpaired) electrons. The van der Waals surface area contributed by atoms with Crippen LogP contribution in [0.3, 0.4) is 0 Å². The molecule has 46 heavy (non-hydrogen) atoms. The molecule has 2 aromatic heterocycles. The summed E-state index contributed by atoms with van der Waals surface area (Å²) >= 11 is 0. The van der Waals surface area contributed by atoms with Gasteiger partial charge in [-0.1, -0.05) is 0 Å². The van der Waals surface area contributed by atoms with Crippen LogP contribution in [-0.4, -0.2) is 65.4 Å². The molecule has 2 unspecified atom stereocenters. The lowest BCUT2D eigenvalue weighted by molar-refractivity contribution is -0.0499. The second-order valence-corrected chi connectivity index (χ2v) is 13.7. The zero-order valence-electron chi connectivity index (χ0n) is 26.3. The van der Waals surface area contributed by atoms with Crippen molar-refractivity contribution in [1.29, 1.82) is 0 Å². The molecule has 0 bridgehead atoms. The normalized spacial score (nSPS) is 28.7. The van der Waals surface area contributed by atoms with Gasteiger partial charge in [-0.05, 0) is 82.6 Å². The number of hydrogen-bond donors (Lipinski definition) is 3. The molecule has 10 nitrogen and oxygen atoms in total.